The van der Waals surface area contributed by atoms with Crippen LogP contribution in [0.25, 0.3) is 0 Å². The molecule has 0 aliphatic carbocycles. The zero-order chi connectivity index (χ0) is 18.7. The fraction of sp³-hybridized carbons (Fsp3) is 0.579. The van der Waals surface area contributed by atoms with Gasteiger partial charge in [0.05, 0.1) is 6.54 Å². The number of amides is 1. The Morgan fingerprint density at radius 3 is 2.52 bits per heavy atom. The van der Waals surface area contributed by atoms with Gasteiger partial charge in [0.15, 0.2) is 5.96 Å². The summed E-state index contributed by atoms with van der Waals surface area (Å²) in [4.78, 5) is 16.1. The molecule has 0 aliphatic heterocycles. The Bertz CT molecular complexity index is 565. The molecule has 3 N–H and O–H groups in total. The van der Waals surface area contributed by atoms with Crippen molar-refractivity contribution in [3.8, 4) is 0 Å². The molecule has 6 heteroatoms. The Kier molecular flexibility index (Phi) is 8.81. The second-order valence-electron chi connectivity index (χ2n) is 6.89. The molecule has 0 bridgehead atoms. The average Bonchev–Trinajstić information content (AvgIpc) is 2.50. The van der Waals surface area contributed by atoms with Crippen molar-refractivity contribution in [1.29, 1.82) is 0 Å². The predicted molar refractivity (Wildman–Crippen MR) is 103 cm³/mol. The van der Waals surface area contributed by atoms with Crippen LogP contribution in [0.5, 0.6) is 0 Å². The first-order valence-corrected chi connectivity index (χ1v) is 8.84. The number of hydrogen-bond acceptors (Lipinski definition) is 3. The third kappa shape index (κ3) is 10.3. The first kappa shape index (κ1) is 20.8. The first-order valence-electron chi connectivity index (χ1n) is 8.84. The summed E-state index contributed by atoms with van der Waals surface area (Å²) >= 11 is 0. The number of aliphatic imine (C=N–C) groups is 1. The van der Waals surface area contributed by atoms with Gasteiger partial charge in [-0.15, -0.1) is 0 Å². The van der Waals surface area contributed by atoms with Gasteiger partial charge in [0.1, 0.15) is 5.60 Å². The molecule has 0 fully saturated rings. The van der Waals surface area contributed by atoms with Crippen molar-refractivity contribution in [2.45, 2.75) is 53.2 Å². The van der Waals surface area contributed by atoms with Crippen LogP contribution in [0.4, 0.5) is 4.79 Å². The number of rotatable bonds is 7. The normalized spacial score (nSPS) is 11.8. The lowest BCUT2D eigenvalue weighted by atomic mass is 10.1. The minimum atomic E-state index is -0.469. The number of guanidine groups is 1. The number of carbonyl (C=O) groups excluding carboxylic acids is 1. The molecule has 0 aromatic heterocycles. The highest BCUT2D eigenvalue weighted by Gasteiger charge is 2.15. The third-order valence-electron chi connectivity index (χ3n) is 3.16. The van der Waals surface area contributed by atoms with E-state index in [2.05, 4.69) is 46.1 Å². The zero-order valence-electron chi connectivity index (χ0n) is 16.1. The summed E-state index contributed by atoms with van der Waals surface area (Å²) in [6.07, 6.45) is 0.404. The molecule has 25 heavy (non-hydrogen) atoms. The molecule has 1 aromatic carbocycles. The van der Waals surface area contributed by atoms with Gasteiger partial charge in [-0.3, -0.25) is 0 Å². The molecule has 0 saturated heterocycles. The standard InChI is InChI=1S/C19H32N4O2/c1-6-20-17(23-14-16-10-7-9-15(2)13-16)21-11-8-12-22-18(24)25-19(3,4)5/h7,9-10,13H,6,8,11-12,14H2,1-5H3,(H,22,24)(H2,20,21,23). The Morgan fingerprint density at radius 2 is 1.88 bits per heavy atom. The Hall–Kier alpha value is -2.24. The number of aryl methyl sites for hydroxylation is 1. The predicted octanol–water partition coefficient (Wildman–Crippen LogP) is 2.96. The molecule has 1 rings (SSSR count). The van der Waals surface area contributed by atoms with Gasteiger partial charge < -0.3 is 20.7 Å². The van der Waals surface area contributed by atoms with Gasteiger partial charge in [0.2, 0.25) is 0 Å². The summed E-state index contributed by atoms with van der Waals surface area (Å²) in [6, 6.07) is 8.33. The summed E-state index contributed by atoms with van der Waals surface area (Å²) < 4.78 is 5.19. The molecule has 0 saturated carbocycles. The highest BCUT2D eigenvalue weighted by atomic mass is 16.6. The summed E-state index contributed by atoms with van der Waals surface area (Å²) in [7, 11) is 0. The van der Waals surface area contributed by atoms with Crippen molar-refractivity contribution >= 4 is 12.1 Å². The van der Waals surface area contributed by atoms with Gasteiger partial charge in [0, 0.05) is 19.6 Å². The smallest absolute Gasteiger partial charge is 0.407 e. The summed E-state index contributed by atoms with van der Waals surface area (Å²) in [5, 5.41) is 9.25. The van der Waals surface area contributed by atoms with Crippen molar-refractivity contribution < 1.29 is 9.53 Å². The van der Waals surface area contributed by atoms with Crippen molar-refractivity contribution in [2.75, 3.05) is 19.6 Å². The van der Waals surface area contributed by atoms with Crippen LogP contribution in [-0.2, 0) is 11.3 Å². The maximum atomic E-state index is 11.6. The molecule has 6 nitrogen and oxygen atoms in total. The Balaban J connectivity index is 2.33. The van der Waals surface area contributed by atoms with Crippen LogP contribution in [0.3, 0.4) is 0 Å². The molecule has 0 unspecified atom stereocenters. The van der Waals surface area contributed by atoms with Gasteiger partial charge in [-0.05, 0) is 46.6 Å². The largest absolute Gasteiger partial charge is 0.444 e. The maximum Gasteiger partial charge on any atom is 0.407 e. The summed E-state index contributed by atoms with van der Waals surface area (Å²) in [5.41, 5.74) is 1.95. The molecule has 0 spiro atoms. The monoisotopic (exact) mass is 348 g/mol. The Morgan fingerprint density at radius 1 is 1.16 bits per heavy atom. The van der Waals surface area contributed by atoms with E-state index in [1.807, 2.05) is 33.8 Å². The molecule has 0 heterocycles. The number of ether oxygens (including phenoxy) is 1. The third-order valence-corrected chi connectivity index (χ3v) is 3.16. The van der Waals surface area contributed by atoms with Gasteiger partial charge in [-0.25, -0.2) is 9.79 Å². The SMILES string of the molecule is CCNC(=NCc1cccc(C)c1)NCCCNC(=O)OC(C)(C)C. The van der Waals surface area contributed by atoms with Crippen LogP contribution in [0.15, 0.2) is 29.3 Å². The van der Waals surface area contributed by atoms with Crippen molar-refractivity contribution in [1.82, 2.24) is 16.0 Å². The fourth-order valence-electron chi connectivity index (χ4n) is 2.12. The number of nitrogens with one attached hydrogen (secondary N) is 3. The van der Waals surface area contributed by atoms with Crippen LogP contribution in [0.1, 0.15) is 45.2 Å². The van der Waals surface area contributed by atoms with Crippen molar-refractivity contribution in [3.63, 3.8) is 0 Å². The highest BCUT2D eigenvalue weighted by Crippen LogP contribution is 2.06. The Labute approximate surface area is 151 Å². The second-order valence-corrected chi connectivity index (χ2v) is 6.89. The zero-order valence-corrected chi connectivity index (χ0v) is 16.1. The maximum absolute atomic E-state index is 11.6. The number of hydrogen-bond donors (Lipinski definition) is 3. The molecular weight excluding hydrogens is 316 g/mol. The minimum absolute atomic E-state index is 0.382. The van der Waals surface area contributed by atoms with E-state index < -0.39 is 5.60 Å². The van der Waals surface area contributed by atoms with Crippen LogP contribution in [-0.4, -0.2) is 37.3 Å². The highest BCUT2D eigenvalue weighted by molar-refractivity contribution is 5.79. The lowest BCUT2D eigenvalue weighted by Crippen LogP contribution is -2.39. The van der Waals surface area contributed by atoms with E-state index in [9.17, 15) is 4.79 Å². The number of benzene rings is 1. The molecule has 0 aliphatic rings. The molecule has 0 radical (unpaired) electrons. The van der Waals surface area contributed by atoms with E-state index in [0.717, 1.165) is 25.5 Å². The van der Waals surface area contributed by atoms with Gasteiger partial charge in [0.25, 0.3) is 0 Å². The lowest BCUT2D eigenvalue weighted by Gasteiger charge is -2.19. The van der Waals surface area contributed by atoms with Crippen LogP contribution >= 0.6 is 0 Å². The van der Waals surface area contributed by atoms with Crippen LogP contribution in [0, 0.1) is 6.92 Å². The average molecular weight is 348 g/mol. The van der Waals surface area contributed by atoms with Crippen molar-refractivity contribution in [3.05, 3.63) is 35.4 Å². The molecule has 140 valence electrons. The second kappa shape index (κ2) is 10.6. The van der Waals surface area contributed by atoms with E-state index in [1.165, 1.54) is 11.1 Å². The van der Waals surface area contributed by atoms with Gasteiger partial charge >= 0.3 is 6.09 Å². The lowest BCUT2D eigenvalue weighted by molar-refractivity contribution is 0.0527. The number of alkyl carbamates (subject to hydrolysis) is 1. The van der Waals surface area contributed by atoms with E-state index >= 15 is 0 Å². The summed E-state index contributed by atoms with van der Waals surface area (Å²) in [5.74, 6) is 0.779. The molecule has 0 atom stereocenters. The minimum Gasteiger partial charge on any atom is -0.444 e. The fourth-order valence-corrected chi connectivity index (χ4v) is 2.12. The molecule has 1 aromatic rings. The number of carbonyl (C=O) groups is 1. The first-order chi connectivity index (χ1) is 11.8. The van der Waals surface area contributed by atoms with E-state index in [1.54, 1.807) is 0 Å². The molecule has 1 amide bonds. The van der Waals surface area contributed by atoms with E-state index in [4.69, 9.17) is 4.74 Å². The van der Waals surface area contributed by atoms with E-state index in [0.29, 0.717) is 13.1 Å². The van der Waals surface area contributed by atoms with Crippen LogP contribution in [0.2, 0.25) is 0 Å². The van der Waals surface area contributed by atoms with E-state index in [-0.39, 0.29) is 6.09 Å². The topological polar surface area (TPSA) is 74.8 Å². The van der Waals surface area contributed by atoms with Gasteiger partial charge in [-0.2, -0.15) is 0 Å². The van der Waals surface area contributed by atoms with Gasteiger partial charge in [-0.1, -0.05) is 29.8 Å². The summed E-state index contributed by atoms with van der Waals surface area (Å²) in [6.45, 7) is 12.4. The number of nitrogens with zero attached hydrogens (tertiary/aromatic N) is 1. The molecular formula is C19H32N4O2. The van der Waals surface area contributed by atoms with Crippen molar-refractivity contribution in [2.24, 2.45) is 4.99 Å². The van der Waals surface area contributed by atoms with Crippen LogP contribution < -0.4 is 16.0 Å². The quantitative estimate of drug-likeness (QED) is 0.402.